The highest BCUT2D eigenvalue weighted by Crippen LogP contribution is 2.92. The molecule has 4 fully saturated rings. The van der Waals surface area contributed by atoms with Crippen LogP contribution in [-0.2, 0) is 24.7 Å². The van der Waals surface area contributed by atoms with Crippen LogP contribution in [-0.4, -0.2) is 0 Å². The SMILES string of the molecule is CCc1ccc2c3c1CC1C(C)CC45C[C@]31[C@]4(C)[C@@H](C2)C5C. The Bertz CT molecular complexity index is 730. The van der Waals surface area contributed by atoms with Gasteiger partial charge in [-0.15, -0.1) is 0 Å². The quantitative estimate of drug-likeness (QED) is 0.689. The Morgan fingerprint density at radius 3 is 2.73 bits per heavy atom. The monoisotopic (exact) mass is 292 g/mol. The highest BCUT2D eigenvalue weighted by Gasteiger charge is 2.88. The van der Waals surface area contributed by atoms with Gasteiger partial charge in [0.25, 0.3) is 0 Å². The minimum absolute atomic E-state index is 0.593. The number of aryl methyl sites for hydroxylation is 1. The van der Waals surface area contributed by atoms with Crippen LogP contribution in [0.4, 0.5) is 0 Å². The van der Waals surface area contributed by atoms with E-state index in [2.05, 4.69) is 39.8 Å². The third-order valence-electron chi connectivity index (χ3n) is 9.97. The summed E-state index contributed by atoms with van der Waals surface area (Å²) in [6.45, 7) is 10.2. The molecule has 0 aliphatic heterocycles. The van der Waals surface area contributed by atoms with Crippen LogP contribution in [0.1, 0.15) is 62.8 Å². The Kier molecular flexibility index (Phi) is 1.84. The first-order chi connectivity index (χ1) is 10.5. The molecule has 6 aliphatic carbocycles. The second-order valence-electron chi connectivity index (χ2n) is 9.69. The molecule has 1 aromatic carbocycles. The van der Waals surface area contributed by atoms with E-state index in [1.54, 1.807) is 11.1 Å². The molecule has 0 aromatic heterocycles. The van der Waals surface area contributed by atoms with Gasteiger partial charge < -0.3 is 0 Å². The summed E-state index contributed by atoms with van der Waals surface area (Å²) in [5.74, 6) is 3.83. The third kappa shape index (κ3) is 0.839. The number of fused-ring (bicyclic) bond motifs is 1. The van der Waals surface area contributed by atoms with Gasteiger partial charge in [0.15, 0.2) is 0 Å². The van der Waals surface area contributed by atoms with Crippen molar-refractivity contribution in [3.05, 3.63) is 34.4 Å². The van der Waals surface area contributed by atoms with Crippen molar-refractivity contribution in [2.75, 3.05) is 0 Å². The van der Waals surface area contributed by atoms with E-state index in [0.717, 1.165) is 29.1 Å². The van der Waals surface area contributed by atoms with Crippen LogP contribution in [0, 0.1) is 34.5 Å². The van der Waals surface area contributed by atoms with Gasteiger partial charge in [-0.1, -0.05) is 39.8 Å². The van der Waals surface area contributed by atoms with Gasteiger partial charge in [-0.3, -0.25) is 0 Å². The van der Waals surface area contributed by atoms with E-state index < -0.39 is 0 Å². The molecule has 4 saturated carbocycles. The minimum Gasteiger partial charge on any atom is -0.0622 e. The zero-order valence-corrected chi connectivity index (χ0v) is 14.5. The van der Waals surface area contributed by atoms with E-state index in [4.69, 9.17) is 0 Å². The van der Waals surface area contributed by atoms with Crippen LogP contribution in [0.5, 0.6) is 0 Å². The molecular weight excluding hydrogens is 264 g/mol. The first kappa shape index (κ1) is 12.6. The van der Waals surface area contributed by atoms with Gasteiger partial charge in [0.2, 0.25) is 0 Å². The summed E-state index contributed by atoms with van der Waals surface area (Å²) in [5, 5.41) is 0. The molecule has 0 N–H and O–H groups in total. The van der Waals surface area contributed by atoms with Crippen molar-refractivity contribution in [3.8, 4) is 0 Å². The summed E-state index contributed by atoms with van der Waals surface area (Å²) in [6.07, 6.45) is 7.07. The van der Waals surface area contributed by atoms with Crippen molar-refractivity contribution in [2.24, 2.45) is 34.5 Å². The van der Waals surface area contributed by atoms with Crippen LogP contribution < -0.4 is 0 Å². The maximum Gasteiger partial charge on any atom is 0.00601 e. The van der Waals surface area contributed by atoms with Gasteiger partial charge in [-0.2, -0.15) is 0 Å². The van der Waals surface area contributed by atoms with Crippen molar-refractivity contribution < 1.29 is 0 Å². The van der Waals surface area contributed by atoms with Gasteiger partial charge in [0, 0.05) is 5.41 Å². The Labute approximate surface area is 134 Å². The van der Waals surface area contributed by atoms with E-state index in [9.17, 15) is 0 Å². The second-order valence-corrected chi connectivity index (χ2v) is 9.69. The summed E-state index contributed by atoms with van der Waals surface area (Å²) in [4.78, 5) is 0. The van der Waals surface area contributed by atoms with Gasteiger partial charge in [0.05, 0.1) is 0 Å². The van der Waals surface area contributed by atoms with Crippen molar-refractivity contribution in [1.29, 1.82) is 0 Å². The molecule has 0 heteroatoms. The van der Waals surface area contributed by atoms with E-state index in [1.165, 1.54) is 32.1 Å². The third-order valence-corrected chi connectivity index (χ3v) is 9.97. The Morgan fingerprint density at radius 1 is 1.14 bits per heavy atom. The van der Waals surface area contributed by atoms with Crippen LogP contribution in [0.3, 0.4) is 0 Å². The fourth-order valence-corrected chi connectivity index (χ4v) is 9.29. The van der Waals surface area contributed by atoms with Crippen LogP contribution in [0.25, 0.3) is 0 Å². The lowest BCUT2D eigenvalue weighted by Crippen LogP contribution is -2.86. The molecule has 0 amide bonds. The summed E-state index contributed by atoms with van der Waals surface area (Å²) in [7, 11) is 0. The van der Waals surface area contributed by atoms with Crippen molar-refractivity contribution in [2.45, 2.75) is 65.2 Å². The Hall–Kier alpha value is -0.780. The van der Waals surface area contributed by atoms with Gasteiger partial charge in [-0.25, -0.2) is 0 Å². The second kappa shape index (κ2) is 3.21. The molecule has 0 saturated heterocycles. The minimum atomic E-state index is 0.593. The zero-order chi connectivity index (χ0) is 15.1. The summed E-state index contributed by atoms with van der Waals surface area (Å²) < 4.78 is 0. The fourth-order valence-electron chi connectivity index (χ4n) is 9.29. The Morgan fingerprint density at radius 2 is 1.95 bits per heavy atom. The van der Waals surface area contributed by atoms with Crippen molar-refractivity contribution in [1.82, 2.24) is 0 Å². The topological polar surface area (TPSA) is 0 Å². The molecule has 7 atom stereocenters. The highest BCUT2D eigenvalue weighted by atomic mass is 14.9. The van der Waals surface area contributed by atoms with Crippen molar-refractivity contribution in [3.63, 3.8) is 0 Å². The first-order valence-electron chi connectivity index (χ1n) is 9.65. The zero-order valence-electron chi connectivity index (χ0n) is 14.5. The summed E-state index contributed by atoms with van der Waals surface area (Å²) >= 11 is 0. The van der Waals surface area contributed by atoms with Crippen molar-refractivity contribution >= 4 is 0 Å². The fraction of sp³-hybridized carbons (Fsp3) is 0.727. The predicted molar refractivity (Wildman–Crippen MR) is 90.0 cm³/mol. The predicted octanol–water partition coefficient (Wildman–Crippen LogP) is 4.92. The molecule has 22 heavy (non-hydrogen) atoms. The molecule has 0 nitrogen and oxygen atoms in total. The van der Waals surface area contributed by atoms with E-state index >= 15 is 0 Å². The average molecular weight is 292 g/mol. The number of rotatable bonds is 1. The number of benzene rings is 1. The Balaban J connectivity index is 1.70. The largest absolute Gasteiger partial charge is 0.0622 e. The van der Waals surface area contributed by atoms with Gasteiger partial charge >= 0.3 is 0 Å². The molecule has 7 rings (SSSR count). The lowest BCUT2D eigenvalue weighted by Gasteiger charge is -2.89. The van der Waals surface area contributed by atoms with E-state index in [1.807, 2.05) is 11.1 Å². The lowest BCUT2D eigenvalue weighted by molar-refractivity contribution is -0.379. The van der Waals surface area contributed by atoms with E-state index in [0.29, 0.717) is 10.8 Å². The van der Waals surface area contributed by atoms with Crippen LogP contribution in [0.2, 0.25) is 0 Å². The molecule has 0 radical (unpaired) electrons. The maximum atomic E-state index is 2.72. The highest BCUT2D eigenvalue weighted by molar-refractivity contribution is 5.61. The van der Waals surface area contributed by atoms with Gasteiger partial charge in [-0.05, 0) is 88.9 Å². The van der Waals surface area contributed by atoms with Crippen LogP contribution in [0.15, 0.2) is 12.1 Å². The molecule has 1 aromatic rings. The number of hydrogen-bond donors (Lipinski definition) is 0. The average Bonchev–Trinajstić information content (AvgIpc) is 2.88. The molecule has 2 bridgehead atoms. The number of hydrogen-bond acceptors (Lipinski definition) is 0. The first-order valence-corrected chi connectivity index (χ1v) is 9.65. The molecule has 0 heterocycles. The summed E-state index contributed by atoms with van der Waals surface area (Å²) in [6, 6.07) is 5.00. The smallest absolute Gasteiger partial charge is 0.00601 e. The molecular formula is C22H28. The molecule has 4 unspecified atom stereocenters. The maximum absolute atomic E-state index is 2.72. The molecule has 2 spiro atoms. The molecule has 6 aliphatic rings. The van der Waals surface area contributed by atoms with Crippen LogP contribution >= 0.6 is 0 Å². The van der Waals surface area contributed by atoms with Gasteiger partial charge in [0.1, 0.15) is 0 Å². The molecule has 116 valence electrons. The lowest BCUT2D eigenvalue weighted by atomic mass is 9.14. The normalized spacial score (nSPS) is 55.3. The van der Waals surface area contributed by atoms with E-state index in [-0.39, 0.29) is 0 Å². The standard InChI is InChI=1S/C22H28/c1-5-14-6-7-15-8-18-13(3)21-10-12(2)17-9-16(14)19(15)22(17,11-21)20(18,21)4/h6-7,12-13,17-18H,5,8-11H2,1-4H3/t12?,13?,17?,18-,20+,21?,22+/m0/s1. The summed E-state index contributed by atoms with van der Waals surface area (Å²) in [5.41, 5.74) is 9.09.